The van der Waals surface area contributed by atoms with Crippen LogP contribution in [0.5, 0.6) is 5.75 Å². The number of aromatic amines is 1. The van der Waals surface area contributed by atoms with E-state index in [1.54, 1.807) is 7.11 Å². The fourth-order valence-electron chi connectivity index (χ4n) is 1.82. The second kappa shape index (κ2) is 4.41. The van der Waals surface area contributed by atoms with Crippen LogP contribution in [0.3, 0.4) is 0 Å². The maximum Gasteiger partial charge on any atom is 0.143 e. The van der Waals surface area contributed by atoms with Crippen molar-refractivity contribution in [3.63, 3.8) is 0 Å². The topological polar surface area (TPSA) is 51.0 Å². The highest BCUT2D eigenvalue weighted by Gasteiger charge is 2.06. The molecule has 1 heterocycles. The molecule has 1 aromatic carbocycles. The number of ether oxygens (including phenoxy) is 1. The highest BCUT2D eigenvalue weighted by Crippen LogP contribution is 2.29. The number of nitrogens with one attached hydrogen (secondary N) is 1. The Morgan fingerprint density at radius 2 is 2.25 bits per heavy atom. The first kappa shape index (κ1) is 10.8. The van der Waals surface area contributed by atoms with Crippen molar-refractivity contribution >= 4 is 17.0 Å². The number of fused-ring (bicyclic) bond motifs is 1. The summed E-state index contributed by atoms with van der Waals surface area (Å²) in [5.41, 5.74) is 8.82. The number of hydrogen-bond acceptors (Lipinski definition) is 2. The average Bonchev–Trinajstić information content (AvgIpc) is 2.68. The van der Waals surface area contributed by atoms with Crippen molar-refractivity contribution in [2.24, 2.45) is 5.73 Å². The van der Waals surface area contributed by atoms with Crippen molar-refractivity contribution in [1.29, 1.82) is 0 Å². The van der Waals surface area contributed by atoms with Gasteiger partial charge in [0, 0.05) is 18.1 Å². The maximum absolute atomic E-state index is 5.45. The molecule has 0 aliphatic heterocycles. The lowest BCUT2D eigenvalue weighted by atomic mass is 10.1. The molecule has 3 N–H and O–H groups in total. The Morgan fingerprint density at radius 1 is 1.44 bits per heavy atom. The van der Waals surface area contributed by atoms with Gasteiger partial charge >= 0.3 is 0 Å². The lowest BCUT2D eigenvalue weighted by Gasteiger charge is -2.04. The van der Waals surface area contributed by atoms with E-state index in [-0.39, 0.29) is 0 Å². The standard InChI is InChI=1S/C13H16N2O/c1-9-8-15-13-11(9)6-10(4-3-5-14)7-12(13)16-2/h3-4,6-8,15H,5,14H2,1-2H3/b4-3+. The van der Waals surface area contributed by atoms with Gasteiger partial charge in [-0.05, 0) is 30.2 Å². The summed E-state index contributed by atoms with van der Waals surface area (Å²) in [5, 5.41) is 1.19. The molecule has 0 fully saturated rings. The van der Waals surface area contributed by atoms with Crippen molar-refractivity contribution < 1.29 is 4.74 Å². The molecule has 0 aliphatic rings. The fraction of sp³-hybridized carbons (Fsp3) is 0.231. The van der Waals surface area contributed by atoms with Gasteiger partial charge in [0.2, 0.25) is 0 Å². The lowest BCUT2D eigenvalue weighted by Crippen LogP contribution is -1.92. The predicted octanol–water partition coefficient (Wildman–Crippen LogP) is 2.46. The van der Waals surface area contributed by atoms with Crippen LogP contribution in [0.4, 0.5) is 0 Å². The number of aromatic nitrogens is 1. The van der Waals surface area contributed by atoms with Crippen LogP contribution in [0.1, 0.15) is 11.1 Å². The number of rotatable bonds is 3. The zero-order valence-corrected chi connectivity index (χ0v) is 9.58. The van der Waals surface area contributed by atoms with E-state index in [2.05, 4.69) is 18.0 Å². The third-order valence-corrected chi connectivity index (χ3v) is 2.65. The first-order valence-electron chi connectivity index (χ1n) is 5.28. The number of methoxy groups -OCH3 is 1. The summed E-state index contributed by atoms with van der Waals surface area (Å²) in [5.74, 6) is 0.863. The quantitative estimate of drug-likeness (QED) is 0.828. The Kier molecular flexibility index (Phi) is 2.97. The number of nitrogens with two attached hydrogens (primary N) is 1. The molecule has 16 heavy (non-hydrogen) atoms. The van der Waals surface area contributed by atoms with Crippen LogP contribution >= 0.6 is 0 Å². The predicted molar refractivity (Wildman–Crippen MR) is 67.7 cm³/mol. The molecule has 3 heteroatoms. The molecular formula is C13H16N2O. The molecular weight excluding hydrogens is 200 g/mol. The number of H-pyrrole nitrogens is 1. The molecule has 84 valence electrons. The van der Waals surface area contributed by atoms with Crippen LogP contribution in [-0.2, 0) is 0 Å². The summed E-state index contributed by atoms with van der Waals surface area (Å²) in [6, 6.07) is 4.14. The zero-order valence-electron chi connectivity index (χ0n) is 9.58. The SMILES string of the molecule is COc1cc(/C=C/CN)cc2c(C)c[nH]c12. The van der Waals surface area contributed by atoms with Crippen LogP contribution in [0.15, 0.2) is 24.4 Å². The van der Waals surface area contributed by atoms with Crippen LogP contribution in [0.25, 0.3) is 17.0 Å². The Labute approximate surface area is 94.9 Å². The van der Waals surface area contributed by atoms with Crippen LogP contribution in [0.2, 0.25) is 0 Å². The summed E-state index contributed by atoms with van der Waals surface area (Å²) in [6.07, 6.45) is 5.93. The van der Waals surface area contributed by atoms with E-state index in [4.69, 9.17) is 10.5 Å². The highest BCUT2D eigenvalue weighted by molar-refractivity contribution is 5.90. The van der Waals surface area contributed by atoms with Crippen LogP contribution < -0.4 is 10.5 Å². The van der Waals surface area contributed by atoms with E-state index in [0.717, 1.165) is 16.8 Å². The van der Waals surface area contributed by atoms with Gasteiger partial charge in [-0.2, -0.15) is 0 Å². The minimum atomic E-state index is 0.548. The third kappa shape index (κ3) is 1.82. The Bertz CT molecular complexity index is 526. The molecule has 0 unspecified atom stereocenters. The minimum absolute atomic E-state index is 0.548. The molecule has 0 amide bonds. The van der Waals surface area contributed by atoms with Gasteiger partial charge in [0.15, 0.2) is 0 Å². The van der Waals surface area contributed by atoms with Crippen molar-refractivity contribution in [3.05, 3.63) is 35.5 Å². The van der Waals surface area contributed by atoms with Gasteiger partial charge in [0.1, 0.15) is 5.75 Å². The van der Waals surface area contributed by atoms with Gasteiger partial charge in [-0.15, -0.1) is 0 Å². The molecule has 0 saturated heterocycles. The smallest absolute Gasteiger partial charge is 0.143 e. The molecule has 0 atom stereocenters. The molecule has 2 rings (SSSR count). The van der Waals surface area contributed by atoms with Gasteiger partial charge in [-0.25, -0.2) is 0 Å². The molecule has 0 bridgehead atoms. The molecule has 1 aromatic heterocycles. The molecule has 2 aromatic rings. The van der Waals surface area contributed by atoms with E-state index < -0.39 is 0 Å². The summed E-state index contributed by atoms with van der Waals surface area (Å²) < 4.78 is 5.37. The molecule has 0 spiro atoms. The zero-order chi connectivity index (χ0) is 11.5. The van der Waals surface area contributed by atoms with Crippen molar-refractivity contribution in [3.8, 4) is 5.75 Å². The monoisotopic (exact) mass is 216 g/mol. The Morgan fingerprint density at radius 3 is 2.94 bits per heavy atom. The highest BCUT2D eigenvalue weighted by atomic mass is 16.5. The normalized spacial score (nSPS) is 11.4. The molecule has 0 saturated carbocycles. The maximum atomic E-state index is 5.45. The largest absolute Gasteiger partial charge is 0.495 e. The number of aryl methyl sites for hydroxylation is 1. The molecule has 0 radical (unpaired) electrons. The second-order valence-electron chi connectivity index (χ2n) is 3.76. The summed E-state index contributed by atoms with van der Waals surface area (Å²) in [6.45, 7) is 2.63. The van der Waals surface area contributed by atoms with Gasteiger partial charge < -0.3 is 15.5 Å². The van der Waals surface area contributed by atoms with Gasteiger partial charge in [0.25, 0.3) is 0 Å². The van der Waals surface area contributed by atoms with Gasteiger partial charge in [-0.3, -0.25) is 0 Å². The first-order valence-corrected chi connectivity index (χ1v) is 5.28. The van der Waals surface area contributed by atoms with E-state index >= 15 is 0 Å². The van der Waals surface area contributed by atoms with E-state index in [0.29, 0.717) is 6.54 Å². The molecule has 0 aliphatic carbocycles. The minimum Gasteiger partial charge on any atom is -0.495 e. The Balaban J connectivity index is 2.61. The van der Waals surface area contributed by atoms with Crippen LogP contribution in [-0.4, -0.2) is 18.6 Å². The number of benzene rings is 1. The summed E-state index contributed by atoms with van der Waals surface area (Å²) in [7, 11) is 1.68. The van der Waals surface area contributed by atoms with E-state index in [1.807, 2.05) is 24.4 Å². The summed E-state index contributed by atoms with van der Waals surface area (Å²) in [4.78, 5) is 3.22. The summed E-state index contributed by atoms with van der Waals surface area (Å²) >= 11 is 0. The van der Waals surface area contributed by atoms with E-state index in [1.165, 1.54) is 10.9 Å². The lowest BCUT2D eigenvalue weighted by molar-refractivity contribution is 0.419. The van der Waals surface area contributed by atoms with Crippen LogP contribution in [0, 0.1) is 6.92 Å². The Hall–Kier alpha value is -1.74. The van der Waals surface area contributed by atoms with Crippen molar-refractivity contribution in [2.45, 2.75) is 6.92 Å². The van der Waals surface area contributed by atoms with Gasteiger partial charge in [-0.1, -0.05) is 12.2 Å². The van der Waals surface area contributed by atoms with Gasteiger partial charge in [0.05, 0.1) is 12.6 Å². The second-order valence-corrected chi connectivity index (χ2v) is 3.76. The number of hydrogen-bond donors (Lipinski definition) is 2. The van der Waals surface area contributed by atoms with Crippen molar-refractivity contribution in [1.82, 2.24) is 4.98 Å². The fourth-order valence-corrected chi connectivity index (χ4v) is 1.82. The van der Waals surface area contributed by atoms with Crippen molar-refractivity contribution in [2.75, 3.05) is 13.7 Å². The third-order valence-electron chi connectivity index (χ3n) is 2.65. The molecule has 3 nitrogen and oxygen atoms in total. The first-order chi connectivity index (χ1) is 7.76. The average molecular weight is 216 g/mol. The van der Waals surface area contributed by atoms with E-state index in [9.17, 15) is 0 Å².